The van der Waals surface area contributed by atoms with Crippen molar-refractivity contribution in [2.75, 3.05) is 0 Å². The molecule has 9 heteroatoms. The standard InChI is InChI=1S/C13H24O.C7H4N2O6/c1-5-7-13(14)10-12(4)9-6-8-11(2)3;10-7(11)4-1-5(8(12)13)3-6(2-4)9(14)15/h11-14H,6,8-10H2,1-4H3;1-3H,(H,10,11)/t12-,13+;/m1./s1. The number of rotatable bonds is 9. The van der Waals surface area contributed by atoms with Crippen molar-refractivity contribution in [2.24, 2.45) is 11.8 Å². The molecule has 0 aliphatic rings. The largest absolute Gasteiger partial charge is 0.478 e. The van der Waals surface area contributed by atoms with Crippen LogP contribution in [0.4, 0.5) is 11.4 Å². The van der Waals surface area contributed by atoms with Crippen LogP contribution in [0, 0.1) is 43.9 Å². The average Bonchev–Trinajstić information content (AvgIpc) is 2.61. The zero-order valence-corrected chi connectivity index (χ0v) is 17.1. The summed E-state index contributed by atoms with van der Waals surface area (Å²) in [7, 11) is 0. The maximum atomic E-state index is 10.5. The predicted molar refractivity (Wildman–Crippen MR) is 109 cm³/mol. The van der Waals surface area contributed by atoms with Gasteiger partial charge in [0.25, 0.3) is 11.4 Å². The molecule has 0 amide bonds. The second kappa shape index (κ2) is 13.2. The van der Waals surface area contributed by atoms with Crippen LogP contribution in [0.5, 0.6) is 0 Å². The number of hydrogen-bond donors (Lipinski definition) is 2. The summed E-state index contributed by atoms with van der Waals surface area (Å²) in [5.74, 6) is 5.45. The number of non-ortho nitro benzene ring substituents is 2. The third-order valence-electron chi connectivity index (χ3n) is 3.99. The van der Waals surface area contributed by atoms with Crippen LogP contribution in [0.25, 0.3) is 0 Å². The Morgan fingerprint density at radius 2 is 1.59 bits per heavy atom. The van der Waals surface area contributed by atoms with E-state index in [2.05, 4.69) is 32.6 Å². The minimum Gasteiger partial charge on any atom is -0.478 e. The highest BCUT2D eigenvalue weighted by Crippen LogP contribution is 2.22. The fraction of sp³-hybridized carbons (Fsp3) is 0.550. The average molecular weight is 408 g/mol. The molecule has 1 rings (SSSR count). The third kappa shape index (κ3) is 11.4. The van der Waals surface area contributed by atoms with Crippen molar-refractivity contribution in [1.29, 1.82) is 0 Å². The van der Waals surface area contributed by atoms with E-state index in [9.17, 15) is 30.1 Å². The van der Waals surface area contributed by atoms with E-state index in [0.29, 0.717) is 12.0 Å². The fourth-order valence-corrected chi connectivity index (χ4v) is 2.53. The van der Waals surface area contributed by atoms with Gasteiger partial charge in [-0.05, 0) is 25.2 Å². The lowest BCUT2D eigenvalue weighted by atomic mass is 9.95. The molecule has 1 aromatic carbocycles. The molecular weight excluding hydrogens is 380 g/mol. The summed E-state index contributed by atoms with van der Waals surface area (Å²) in [4.78, 5) is 29.4. The first-order valence-corrected chi connectivity index (χ1v) is 9.25. The first kappa shape index (κ1) is 26.0. The molecule has 29 heavy (non-hydrogen) atoms. The lowest BCUT2D eigenvalue weighted by molar-refractivity contribution is -0.394. The maximum Gasteiger partial charge on any atom is 0.336 e. The zero-order chi connectivity index (χ0) is 22.6. The van der Waals surface area contributed by atoms with Gasteiger partial charge in [0.1, 0.15) is 6.10 Å². The number of carboxylic acids is 1. The van der Waals surface area contributed by atoms with Gasteiger partial charge in [0.15, 0.2) is 0 Å². The summed E-state index contributed by atoms with van der Waals surface area (Å²) in [5.41, 5.74) is -1.74. The minimum atomic E-state index is -1.46. The molecule has 0 spiro atoms. The molecule has 0 unspecified atom stereocenters. The first-order chi connectivity index (χ1) is 13.5. The van der Waals surface area contributed by atoms with Gasteiger partial charge >= 0.3 is 5.97 Å². The van der Waals surface area contributed by atoms with E-state index < -0.39 is 38.9 Å². The molecule has 0 aliphatic carbocycles. The van der Waals surface area contributed by atoms with E-state index in [0.717, 1.165) is 24.5 Å². The number of hydrogen-bond acceptors (Lipinski definition) is 6. The predicted octanol–water partition coefficient (Wildman–Crippen LogP) is 4.42. The highest BCUT2D eigenvalue weighted by Gasteiger charge is 2.19. The summed E-state index contributed by atoms with van der Waals surface area (Å²) in [5, 5.41) is 38.7. The van der Waals surface area contributed by atoms with E-state index in [1.807, 2.05) is 0 Å². The van der Waals surface area contributed by atoms with Crippen LogP contribution in [0.2, 0.25) is 0 Å². The van der Waals surface area contributed by atoms with Crippen LogP contribution < -0.4 is 0 Å². The number of benzene rings is 1. The molecule has 1 aromatic rings. The summed E-state index contributed by atoms with van der Waals surface area (Å²) in [6, 6.07) is 2.22. The molecular formula is C20H28N2O7. The van der Waals surface area contributed by atoms with Gasteiger partial charge in [0.05, 0.1) is 21.5 Å². The van der Waals surface area contributed by atoms with Crippen molar-refractivity contribution in [1.82, 2.24) is 0 Å². The van der Waals surface area contributed by atoms with E-state index in [1.165, 1.54) is 19.3 Å². The zero-order valence-electron chi connectivity index (χ0n) is 17.1. The quantitative estimate of drug-likeness (QED) is 0.349. The first-order valence-electron chi connectivity index (χ1n) is 9.25. The second-order valence-electron chi connectivity index (χ2n) is 7.13. The molecule has 0 aromatic heterocycles. The highest BCUT2D eigenvalue weighted by atomic mass is 16.6. The topological polar surface area (TPSA) is 144 Å². The van der Waals surface area contributed by atoms with Crippen LogP contribution in [0.15, 0.2) is 18.2 Å². The number of nitro groups is 2. The Bertz CT molecular complexity index is 687. The monoisotopic (exact) mass is 408 g/mol. The van der Waals surface area contributed by atoms with Crippen molar-refractivity contribution >= 4 is 17.3 Å². The summed E-state index contributed by atoms with van der Waals surface area (Å²) in [6.07, 6.45) is 4.17. The summed E-state index contributed by atoms with van der Waals surface area (Å²) < 4.78 is 0. The second-order valence-corrected chi connectivity index (χ2v) is 7.13. The lowest BCUT2D eigenvalue weighted by Gasteiger charge is -2.13. The van der Waals surface area contributed by atoms with Crippen LogP contribution in [-0.4, -0.2) is 32.1 Å². The lowest BCUT2D eigenvalue weighted by Crippen LogP contribution is -2.09. The molecule has 0 heterocycles. The van der Waals surface area contributed by atoms with Gasteiger partial charge in [0.2, 0.25) is 0 Å². The van der Waals surface area contributed by atoms with Crippen molar-refractivity contribution < 1.29 is 24.9 Å². The molecule has 160 valence electrons. The Morgan fingerprint density at radius 1 is 1.07 bits per heavy atom. The molecule has 0 radical (unpaired) electrons. The number of carbonyl (C=O) groups is 1. The molecule has 0 fully saturated rings. The molecule has 9 nitrogen and oxygen atoms in total. The van der Waals surface area contributed by atoms with Gasteiger partial charge < -0.3 is 10.2 Å². The van der Waals surface area contributed by atoms with Gasteiger partial charge in [-0.1, -0.05) is 46.0 Å². The molecule has 0 aliphatic heterocycles. The summed E-state index contributed by atoms with van der Waals surface area (Å²) in [6.45, 7) is 8.47. The Labute approximate surface area is 170 Å². The summed E-state index contributed by atoms with van der Waals surface area (Å²) >= 11 is 0. The molecule has 0 saturated heterocycles. The van der Waals surface area contributed by atoms with Gasteiger partial charge in [-0.15, -0.1) is 5.92 Å². The van der Waals surface area contributed by atoms with Crippen molar-refractivity contribution in [3.63, 3.8) is 0 Å². The Hall–Kier alpha value is -2.99. The smallest absolute Gasteiger partial charge is 0.336 e. The van der Waals surface area contributed by atoms with Crippen LogP contribution in [-0.2, 0) is 0 Å². The van der Waals surface area contributed by atoms with E-state index in [-0.39, 0.29) is 0 Å². The van der Waals surface area contributed by atoms with Gasteiger partial charge in [-0.3, -0.25) is 20.2 Å². The van der Waals surface area contributed by atoms with Gasteiger partial charge in [-0.2, -0.15) is 0 Å². The minimum absolute atomic E-state index is 0.422. The third-order valence-corrected chi connectivity index (χ3v) is 3.99. The number of aliphatic hydroxyl groups is 1. The molecule has 2 atom stereocenters. The number of aliphatic hydroxyl groups excluding tert-OH is 1. The Morgan fingerprint density at radius 3 is 1.97 bits per heavy atom. The molecule has 2 N–H and O–H groups in total. The van der Waals surface area contributed by atoms with Crippen LogP contribution in [0.3, 0.4) is 0 Å². The van der Waals surface area contributed by atoms with Gasteiger partial charge in [-0.25, -0.2) is 4.79 Å². The Balaban J connectivity index is 0.000000543. The van der Waals surface area contributed by atoms with Crippen molar-refractivity contribution in [2.45, 2.75) is 59.5 Å². The number of aromatic carboxylic acids is 1. The number of carboxylic acid groups (broad SMARTS) is 1. The SMILES string of the molecule is CC#C[C@H](O)C[C@H](C)CCCC(C)C.O=C(O)c1cc([N+](=O)[O-])cc([N+](=O)[O-])c1. The normalized spacial score (nSPS) is 12.1. The van der Waals surface area contributed by atoms with Crippen LogP contribution >= 0.6 is 0 Å². The van der Waals surface area contributed by atoms with Crippen molar-refractivity contribution in [3.8, 4) is 11.8 Å². The number of nitro benzene ring substituents is 2. The van der Waals surface area contributed by atoms with E-state index >= 15 is 0 Å². The molecule has 0 saturated carbocycles. The van der Waals surface area contributed by atoms with Crippen LogP contribution in [0.1, 0.15) is 63.7 Å². The number of nitrogens with zero attached hydrogens (tertiary/aromatic N) is 2. The highest BCUT2D eigenvalue weighted by molar-refractivity contribution is 5.89. The maximum absolute atomic E-state index is 10.5. The van der Waals surface area contributed by atoms with Gasteiger partial charge in [0, 0.05) is 12.1 Å². The van der Waals surface area contributed by atoms with Crippen molar-refractivity contribution in [3.05, 3.63) is 44.0 Å². The fourth-order valence-electron chi connectivity index (χ4n) is 2.53. The Kier molecular flexibility index (Phi) is 11.9. The molecule has 0 bridgehead atoms. The van der Waals surface area contributed by atoms with E-state index in [4.69, 9.17) is 5.11 Å². The van der Waals surface area contributed by atoms with E-state index in [1.54, 1.807) is 6.92 Å².